The Bertz CT molecular complexity index is 607. The molecule has 2 fully saturated rings. The van der Waals surface area contributed by atoms with E-state index in [1.807, 2.05) is 13.0 Å². The van der Waals surface area contributed by atoms with Gasteiger partial charge in [0.05, 0.1) is 17.5 Å². The quantitative estimate of drug-likeness (QED) is 0.726. The molecule has 1 aliphatic heterocycles. The van der Waals surface area contributed by atoms with E-state index >= 15 is 0 Å². The molecule has 21 heavy (non-hydrogen) atoms. The summed E-state index contributed by atoms with van der Waals surface area (Å²) in [6.45, 7) is 4.01. The Hall–Kier alpha value is -0.870. The molecule has 0 radical (unpaired) electrons. The minimum atomic E-state index is -0.144. The third-order valence-electron chi connectivity index (χ3n) is 4.78. The van der Waals surface area contributed by atoms with Crippen molar-refractivity contribution in [1.29, 1.82) is 0 Å². The molecule has 3 rings (SSSR count). The second-order valence-corrected chi connectivity index (χ2v) is 7.28. The van der Waals surface area contributed by atoms with Gasteiger partial charge in [-0.3, -0.25) is 9.59 Å². The Labute approximate surface area is 137 Å². The first-order valence-electron chi connectivity index (χ1n) is 7.27. The van der Waals surface area contributed by atoms with Crippen LogP contribution in [0.5, 0.6) is 0 Å². The highest BCUT2D eigenvalue weighted by atomic mass is 79.9. The van der Waals surface area contributed by atoms with Gasteiger partial charge in [0.1, 0.15) is 0 Å². The molecule has 5 heteroatoms. The van der Waals surface area contributed by atoms with Crippen LogP contribution in [0.4, 0.5) is 5.69 Å². The minimum Gasteiger partial charge on any atom is -0.274 e. The first-order chi connectivity index (χ1) is 9.93. The monoisotopic (exact) mass is 369 g/mol. The number of hydrogen-bond donors (Lipinski definition) is 0. The second-order valence-electron chi connectivity index (χ2n) is 6.02. The summed E-state index contributed by atoms with van der Waals surface area (Å²) >= 11 is 9.60. The lowest BCUT2D eigenvalue weighted by Crippen LogP contribution is -2.32. The van der Waals surface area contributed by atoms with Crippen LogP contribution in [0.1, 0.15) is 31.7 Å². The number of fused-ring (bicyclic) bond motifs is 1. The first kappa shape index (κ1) is 15.0. The average molecular weight is 371 g/mol. The van der Waals surface area contributed by atoms with E-state index in [2.05, 4.69) is 22.9 Å². The maximum Gasteiger partial charge on any atom is 0.237 e. The SMILES string of the molecule is CCC1CC2C(=O)N(c3cc(Cl)c(C)cc3Br)C(=O)C2C1. The molecule has 2 amide bonds. The number of amides is 2. The fourth-order valence-electron chi connectivity index (χ4n) is 3.51. The molecule has 2 aliphatic rings. The van der Waals surface area contributed by atoms with Crippen molar-refractivity contribution in [2.45, 2.75) is 33.1 Å². The van der Waals surface area contributed by atoms with Gasteiger partial charge in [0.2, 0.25) is 11.8 Å². The molecule has 1 saturated heterocycles. The van der Waals surface area contributed by atoms with Crippen molar-refractivity contribution in [3.8, 4) is 0 Å². The largest absolute Gasteiger partial charge is 0.274 e. The highest BCUT2D eigenvalue weighted by molar-refractivity contribution is 9.10. The lowest BCUT2D eigenvalue weighted by Gasteiger charge is -2.19. The number of nitrogens with zero attached hydrogens (tertiary/aromatic N) is 1. The van der Waals surface area contributed by atoms with Gasteiger partial charge in [-0.2, -0.15) is 0 Å². The van der Waals surface area contributed by atoms with Crippen molar-refractivity contribution >= 4 is 45.0 Å². The van der Waals surface area contributed by atoms with Crippen molar-refractivity contribution in [1.82, 2.24) is 0 Å². The van der Waals surface area contributed by atoms with Gasteiger partial charge in [-0.05, 0) is 59.3 Å². The van der Waals surface area contributed by atoms with E-state index in [4.69, 9.17) is 11.6 Å². The highest BCUT2D eigenvalue weighted by Gasteiger charge is 2.53. The van der Waals surface area contributed by atoms with E-state index in [9.17, 15) is 9.59 Å². The van der Waals surface area contributed by atoms with E-state index in [1.54, 1.807) is 6.07 Å². The number of anilines is 1. The van der Waals surface area contributed by atoms with E-state index in [1.165, 1.54) is 4.90 Å². The fraction of sp³-hybridized carbons (Fsp3) is 0.500. The van der Waals surface area contributed by atoms with Gasteiger partial charge in [0.25, 0.3) is 0 Å². The maximum absolute atomic E-state index is 12.6. The predicted molar refractivity (Wildman–Crippen MR) is 86.4 cm³/mol. The van der Waals surface area contributed by atoms with Crippen molar-refractivity contribution in [3.63, 3.8) is 0 Å². The third kappa shape index (κ3) is 2.33. The van der Waals surface area contributed by atoms with Crippen molar-refractivity contribution in [2.75, 3.05) is 4.90 Å². The van der Waals surface area contributed by atoms with Crippen LogP contribution in [0.2, 0.25) is 5.02 Å². The number of rotatable bonds is 2. The van der Waals surface area contributed by atoms with Crippen LogP contribution in [0.25, 0.3) is 0 Å². The van der Waals surface area contributed by atoms with Crippen LogP contribution < -0.4 is 4.90 Å². The van der Waals surface area contributed by atoms with E-state index in [-0.39, 0.29) is 23.7 Å². The van der Waals surface area contributed by atoms with E-state index in [0.29, 0.717) is 16.6 Å². The summed E-state index contributed by atoms with van der Waals surface area (Å²) in [6, 6.07) is 3.55. The molecule has 0 bridgehead atoms. The molecular weight excluding hydrogens is 354 g/mol. The Morgan fingerprint density at radius 3 is 2.33 bits per heavy atom. The molecule has 2 atom stereocenters. The number of halogens is 2. The summed E-state index contributed by atoms with van der Waals surface area (Å²) < 4.78 is 0.734. The maximum atomic E-state index is 12.6. The van der Waals surface area contributed by atoms with Crippen LogP contribution in [-0.2, 0) is 9.59 Å². The standard InChI is InChI=1S/C16H17BrClNO2/c1-3-9-5-10-11(6-9)16(21)19(15(10)20)14-7-13(18)8(2)4-12(14)17/h4,7,9-11H,3,5-6H2,1-2H3. The minimum absolute atomic E-state index is 0.0680. The number of carbonyl (C=O) groups excluding carboxylic acids is 2. The van der Waals surface area contributed by atoms with Crippen molar-refractivity contribution in [3.05, 3.63) is 27.2 Å². The summed E-state index contributed by atoms with van der Waals surface area (Å²) in [5.74, 6) is 0.0760. The molecule has 2 unspecified atom stereocenters. The third-order valence-corrected chi connectivity index (χ3v) is 5.82. The number of aryl methyl sites for hydroxylation is 1. The number of benzene rings is 1. The summed E-state index contributed by atoms with van der Waals surface area (Å²) in [6.07, 6.45) is 2.70. The van der Waals surface area contributed by atoms with Gasteiger partial charge in [0, 0.05) is 9.50 Å². The summed E-state index contributed by atoms with van der Waals surface area (Å²) in [5, 5.41) is 0.567. The zero-order valence-corrected chi connectivity index (χ0v) is 14.4. The van der Waals surface area contributed by atoms with Crippen LogP contribution in [0, 0.1) is 24.7 Å². The highest BCUT2D eigenvalue weighted by Crippen LogP contribution is 2.47. The Balaban J connectivity index is 1.97. The number of hydrogen-bond acceptors (Lipinski definition) is 2. The zero-order chi connectivity index (χ0) is 15.3. The molecular formula is C16H17BrClNO2. The predicted octanol–water partition coefficient (Wildman–Crippen LogP) is 4.34. The van der Waals surface area contributed by atoms with Gasteiger partial charge < -0.3 is 0 Å². The number of carbonyl (C=O) groups is 2. The topological polar surface area (TPSA) is 37.4 Å². The molecule has 0 spiro atoms. The van der Waals surface area contributed by atoms with Gasteiger partial charge in [-0.1, -0.05) is 24.9 Å². The molecule has 0 aromatic heterocycles. The van der Waals surface area contributed by atoms with Crippen LogP contribution >= 0.6 is 27.5 Å². The molecule has 112 valence electrons. The molecule has 1 aromatic rings. The lowest BCUT2D eigenvalue weighted by molar-refractivity contribution is -0.123. The van der Waals surface area contributed by atoms with Gasteiger partial charge in [0.15, 0.2) is 0 Å². The molecule has 3 nitrogen and oxygen atoms in total. The molecule has 1 heterocycles. The molecule has 1 saturated carbocycles. The second kappa shape index (κ2) is 5.40. The summed E-state index contributed by atoms with van der Waals surface area (Å²) in [4.78, 5) is 26.6. The number of imide groups is 1. The molecule has 1 aliphatic carbocycles. The van der Waals surface area contributed by atoms with Gasteiger partial charge in [-0.25, -0.2) is 4.90 Å². The van der Waals surface area contributed by atoms with Gasteiger partial charge in [-0.15, -0.1) is 0 Å². The molecule has 0 N–H and O–H groups in total. The summed E-state index contributed by atoms with van der Waals surface area (Å²) in [5.41, 5.74) is 1.49. The van der Waals surface area contributed by atoms with Crippen LogP contribution in [0.3, 0.4) is 0 Å². The van der Waals surface area contributed by atoms with E-state index in [0.717, 1.165) is 29.3 Å². The van der Waals surface area contributed by atoms with E-state index < -0.39 is 0 Å². The van der Waals surface area contributed by atoms with Crippen molar-refractivity contribution < 1.29 is 9.59 Å². The fourth-order valence-corrected chi connectivity index (χ4v) is 4.30. The smallest absolute Gasteiger partial charge is 0.237 e. The Kier molecular flexibility index (Phi) is 3.87. The van der Waals surface area contributed by atoms with Crippen molar-refractivity contribution in [2.24, 2.45) is 17.8 Å². The lowest BCUT2D eigenvalue weighted by atomic mass is 10.00. The summed E-state index contributed by atoms with van der Waals surface area (Å²) in [7, 11) is 0. The normalized spacial score (nSPS) is 28.4. The van der Waals surface area contributed by atoms with Gasteiger partial charge >= 0.3 is 0 Å². The van der Waals surface area contributed by atoms with Crippen LogP contribution in [0.15, 0.2) is 16.6 Å². The Morgan fingerprint density at radius 1 is 1.24 bits per heavy atom. The Morgan fingerprint density at radius 2 is 1.81 bits per heavy atom. The zero-order valence-electron chi connectivity index (χ0n) is 12.0. The first-order valence-corrected chi connectivity index (χ1v) is 8.44. The van der Waals surface area contributed by atoms with Crippen LogP contribution in [-0.4, -0.2) is 11.8 Å². The molecule has 1 aromatic carbocycles. The average Bonchev–Trinajstić information content (AvgIpc) is 2.96.